The smallest absolute Gasteiger partial charge is 0.360 e. The lowest BCUT2D eigenvalue weighted by Gasteiger charge is -2.36. The average molecular weight is 956 g/mol. The first-order chi connectivity index (χ1) is 33.8. The van der Waals surface area contributed by atoms with Crippen molar-refractivity contribution in [2.75, 3.05) is 59.5 Å². The van der Waals surface area contributed by atoms with Crippen LogP contribution >= 0.6 is 11.3 Å². The number of carbonyl (C=O) groups excluding carboxylic acids is 1. The predicted octanol–water partition coefficient (Wildman–Crippen LogP) is 9.56. The molecule has 0 aliphatic rings. The SMILES string of the molecule is COCCOCOc1ccc(C(ON=C(C(=O)O)c2csc(NC(c3ccccc3)(c3ccccc3)c3ccccc3)n2)C(=O)OC(c2ccccc2)c2ccccc2)c(F)c1OCOCCOC. The van der Waals surface area contributed by atoms with Crippen molar-refractivity contribution in [3.05, 3.63) is 214 Å². The van der Waals surface area contributed by atoms with Crippen LogP contribution in [0.1, 0.15) is 51.3 Å². The van der Waals surface area contributed by atoms with E-state index in [1.54, 1.807) is 48.5 Å². The number of aliphatic carboxylic acids is 1. The zero-order valence-electron chi connectivity index (χ0n) is 37.8. The van der Waals surface area contributed by atoms with Crippen LogP contribution in [0.25, 0.3) is 0 Å². The molecular formula is C53H50FN3O11S. The van der Waals surface area contributed by atoms with Gasteiger partial charge >= 0.3 is 11.9 Å². The number of oxime groups is 1. The summed E-state index contributed by atoms with van der Waals surface area (Å²) in [6.45, 7) is 0.0943. The Balaban J connectivity index is 1.28. The highest BCUT2D eigenvalue weighted by atomic mass is 32.1. The van der Waals surface area contributed by atoms with Crippen LogP contribution in [0.3, 0.4) is 0 Å². The summed E-state index contributed by atoms with van der Waals surface area (Å²) in [6.07, 6.45) is -3.02. The molecule has 6 aromatic carbocycles. The van der Waals surface area contributed by atoms with Crippen LogP contribution in [0.4, 0.5) is 9.52 Å². The van der Waals surface area contributed by atoms with E-state index in [0.29, 0.717) is 16.3 Å². The number of ether oxygens (including phenoxy) is 7. The fourth-order valence-corrected chi connectivity index (χ4v) is 8.03. The molecule has 1 heterocycles. The Labute approximate surface area is 402 Å². The maximum Gasteiger partial charge on any atom is 0.360 e. The lowest BCUT2D eigenvalue weighted by atomic mass is 9.77. The summed E-state index contributed by atoms with van der Waals surface area (Å²) in [5, 5.41) is 20.1. The number of nitrogens with zero attached hydrogens (tertiary/aromatic N) is 2. The number of rotatable bonds is 26. The number of carboxylic acid groups (broad SMARTS) is 1. The van der Waals surface area contributed by atoms with Crippen LogP contribution in [0.5, 0.6) is 11.5 Å². The number of aromatic nitrogens is 1. The van der Waals surface area contributed by atoms with Crippen LogP contribution in [-0.4, -0.2) is 82.0 Å². The molecule has 0 fully saturated rings. The molecule has 7 rings (SSSR count). The Morgan fingerprint density at radius 1 is 0.681 bits per heavy atom. The van der Waals surface area contributed by atoms with Gasteiger partial charge < -0.3 is 48.4 Å². The van der Waals surface area contributed by atoms with Crippen molar-refractivity contribution in [1.82, 2.24) is 4.98 Å². The predicted molar refractivity (Wildman–Crippen MR) is 257 cm³/mol. The molecule has 16 heteroatoms. The highest BCUT2D eigenvalue weighted by Crippen LogP contribution is 2.41. The molecule has 0 aliphatic heterocycles. The summed E-state index contributed by atoms with van der Waals surface area (Å²) >= 11 is 1.13. The standard InChI is InChI=1S/C53H50FN3O11S/c1-61-30-32-63-35-65-44-29-28-42(45(54)49(44)66-36-64-33-31-62-2)48(51(60)67-47(37-18-8-3-9-19-37)38-20-10-4-11-21-38)68-57-46(50(58)59)43-34-69-52(55-43)56-53(39-22-12-5-13-23-39,40-24-14-6-15-25-40)41-26-16-7-17-27-41/h3-29,34,47-48H,30-33,35-36H2,1-2H3,(H,55,56)(H,58,59). The van der Waals surface area contributed by atoms with Gasteiger partial charge in [-0.1, -0.05) is 157 Å². The number of carbonyl (C=O) groups is 2. The van der Waals surface area contributed by atoms with E-state index in [1.165, 1.54) is 31.7 Å². The number of halogens is 1. The van der Waals surface area contributed by atoms with E-state index in [4.69, 9.17) is 43.0 Å². The van der Waals surface area contributed by atoms with E-state index < -0.39 is 59.3 Å². The van der Waals surface area contributed by atoms with Gasteiger partial charge in [0.15, 0.2) is 36.4 Å². The lowest BCUT2D eigenvalue weighted by molar-refractivity contribution is -0.162. The first kappa shape index (κ1) is 49.4. The Kier molecular flexibility index (Phi) is 17.9. The molecule has 0 aliphatic carbocycles. The zero-order valence-corrected chi connectivity index (χ0v) is 38.6. The minimum atomic E-state index is -2.02. The van der Waals surface area contributed by atoms with Crippen LogP contribution in [0, 0.1) is 5.82 Å². The van der Waals surface area contributed by atoms with Gasteiger partial charge in [-0.3, -0.25) is 0 Å². The Morgan fingerprint density at radius 2 is 1.17 bits per heavy atom. The number of carboxylic acids is 1. The molecule has 1 aromatic heterocycles. The number of benzene rings is 6. The summed E-state index contributed by atoms with van der Waals surface area (Å²) in [6, 6.07) is 49.8. The third-order valence-corrected chi connectivity index (χ3v) is 11.3. The second-order valence-electron chi connectivity index (χ2n) is 15.0. The number of esters is 1. The second-order valence-corrected chi connectivity index (χ2v) is 15.9. The molecule has 1 atom stereocenters. The fourth-order valence-electron chi connectivity index (χ4n) is 7.28. The molecule has 14 nitrogen and oxygen atoms in total. The lowest BCUT2D eigenvalue weighted by Crippen LogP contribution is -2.38. The summed E-state index contributed by atoms with van der Waals surface area (Å²) in [5.41, 5.74) is 1.67. The normalized spacial score (nSPS) is 12.0. The van der Waals surface area contributed by atoms with Gasteiger partial charge in [0.25, 0.3) is 6.10 Å². The Hall–Kier alpha value is -7.47. The maximum absolute atomic E-state index is 17.1. The van der Waals surface area contributed by atoms with Crippen molar-refractivity contribution >= 4 is 34.1 Å². The summed E-state index contributed by atoms with van der Waals surface area (Å²) in [4.78, 5) is 38.3. The molecule has 0 bridgehead atoms. The first-order valence-corrected chi connectivity index (χ1v) is 22.6. The summed E-state index contributed by atoms with van der Waals surface area (Å²) in [5.74, 6) is -4.32. The third kappa shape index (κ3) is 12.6. The van der Waals surface area contributed by atoms with Crippen molar-refractivity contribution in [3.63, 3.8) is 0 Å². The topological polar surface area (TPSA) is 165 Å². The van der Waals surface area contributed by atoms with Crippen LogP contribution in [0.2, 0.25) is 0 Å². The highest BCUT2D eigenvalue weighted by molar-refractivity contribution is 7.14. The van der Waals surface area contributed by atoms with Gasteiger partial charge in [0.1, 0.15) is 11.2 Å². The molecule has 69 heavy (non-hydrogen) atoms. The van der Waals surface area contributed by atoms with Gasteiger partial charge in [-0.15, -0.1) is 11.3 Å². The van der Waals surface area contributed by atoms with E-state index in [9.17, 15) is 14.7 Å². The van der Waals surface area contributed by atoms with Crippen LogP contribution in [-0.2, 0) is 43.6 Å². The largest absolute Gasteiger partial charge is 0.476 e. The van der Waals surface area contributed by atoms with Gasteiger partial charge in [0.05, 0.1) is 26.4 Å². The third-order valence-electron chi connectivity index (χ3n) is 10.6. The van der Waals surface area contributed by atoms with E-state index in [0.717, 1.165) is 28.0 Å². The average Bonchev–Trinajstić information content (AvgIpc) is 3.85. The monoisotopic (exact) mass is 955 g/mol. The Bertz CT molecular complexity index is 2580. The minimum absolute atomic E-state index is 0.0996. The van der Waals surface area contributed by atoms with Gasteiger partial charge in [-0.25, -0.2) is 19.0 Å². The molecule has 356 valence electrons. The molecule has 0 saturated carbocycles. The maximum atomic E-state index is 17.1. The van der Waals surface area contributed by atoms with Gasteiger partial charge in [-0.05, 0) is 39.9 Å². The van der Waals surface area contributed by atoms with Crippen molar-refractivity contribution < 1.29 is 57.1 Å². The molecule has 0 amide bonds. The van der Waals surface area contributed by atoms with Crippen LogP contribution in [0.15, 0.2) is 174 Å². The van der Waals surface area contributed by atoms with Gasteiger partial charge in [-0.2, -0.15) is 0 Å². The van der Waals surface area contributed by atoms with Crippen molar-refractivity contribution in [2.45, 2.75) is 17.7 Å². The number of hydrogen-bond acceptors (Lipinski definition) is 14. The number of anilines is 1. The number of nitrogens with one attached hydrogen (secondary N) is 1. The zero-order chi connectivity index (χ0) is 48.3. The molecular weight excluding hydrogens is 906 g/mol. The Morgan fingerprint density at radius 3 is 1.67 bits per heavy atom. The van der Waals surface area contributed by atoms with Crippen LogP contribution < -0.4 is 14.8 Å². The molecule has 2 N–H and O–H groups in total. The van der Waals surface area contributed by atoms with Gasteiger partial charge in [0, 0.05) is 25.2 Å². The highest BCUT2D eigenvalue weighted by Gasteiger charge is 2.38. The van der Waals surface area contributed by atoms with E-state index in [2.05, 4.69) is 10.5 Å². The number of thiazole rings is 1. The van der Waals surface area contributed by atoms with Crippen molar-refractivity contribution in [3.8, 4) is 11.5 Å². The molecule has 0 spiro atoms. The summed E-state index contributed by atoms with van der Waals surface area (Å²) in [7, 11) is 3.02. The van der Waals surface area contributed by atoms with E-state index in [-0.39, 0.29) is 44.7 Å². The minimum Gasteiger partial charge on any atom is -0.476 e. The first-order valence-electron chi connectivity index (χ1n) is 21.7. The van der Waals surface area contributed by atoms with Crippen molar-refractivity contribution in [1.29, 1.82) is 0 Å². The van der Waals surface area contributed by atoms with Gasteiger partial charge in [0.2, 0.25) is 11.5 Å². The van der Waals surface area contributed by atoms with Crippen molar-refractivity contribution in [2.24, 2.45) is 5.16 Å². The number of methoxy groups -OCH3 is 2. The second kappa shape index (κ2) is 25.1. The molecule has 1 unspecified atom stereocenters. The molecule has 7 aromatic rings. The quantitative estimate of drug-likeness (QED) is 0.0132. The number of hydrogen-bond donors (Lipinski definition) is 2. The summed E-state index contributed by atoms with van der Waals surface area (Å²) < 4.78 is 55.7. The fraction of sp³-hybridized carbons (Fsp3) is 0.208. The molecule has 0 saturated heterocycles. The van der Waals surface area contributed by atoms with E-state index >= 15 is 4.39 Å². The van der Waals surface area contributed by atoms with E-state index in [1.807, 2.05) is 103 Å². The molecule has 0 radical (unpaired) electrons.